The van der Waals surface area contributed by atoms with Gasteiger partial charge in [0, 0.05) is 6.54 Å². The average Bonchev–Trinajstić information content (AvgIpc) is 2.45. The number of carbonyl (C=O) groups is 1. The van der Waals surface area contributed by atoms with Crippen molar-refractivity contribution in [1.82, 2.24) is 10.2 Å². The molecule has 2 rings (SSSR count). The molecule has 110 valence electrons. The van der Waals surface area contributed by atoms with E-state index in [9.17, 15) is 9.18 Å². The highest BCUT2D eigenvalue weighted by molar-refractivity contribution is 5.81. The zero-order chi connectivity index (χ0) is 14.5. The molecular weight excluding hydrogens is 259 g/mol. The largest absolute Gasteiger partial charge is 0.494 e. The van der Waals surface area contributed by atoms with Gasteiger partial charge in [-0.05, 0) is 44.1 Å². The van der Waals surface area contributed by atoms with E-state index in [1.54, 1.807) is 12.1 Å². The second kappa shape index (κ2) is 6.70. The van der Waals surface area contributed by atoms with Gasteiger partial charge >= 0.3 is 0 Å². The van der Waals surface area contributed by atoms with Gasteiger partial charge in [-0.3, -0.25) is 9.69 Å². The lowest BCUT2D eigenvalue weighted by atomic mass is 10.0. The summed E-state index contributed by atoms with van der Waals surface area (Å²) in [7, 11) is 3.40. The number of benzene rings is 1. The lowest BCUT2D eigenvalue weighted by molar-refractivity contribution is -0.127. The predicted octanol–water partition coefficient (Wildman–Crippen LogP) is 1.93. The molecule has 4 nitrogen and oxygen atoms in total. The molecular formula is C15H21FN2O2. The van der Waals surface area contributed by atoms with Crippen LogP contribution in [0.2, 0.25) is 0 Å². The molecule has 1 heterocycles. The summed E-state index contributed by atoms with van der Waals surface area (Å²) in [5, 5.41) is 2.88. The van der Waals surface area contributed by atoms with Gasteiger partial charge in [-0.1, -0.05) is 12.5 Å². The summed E-state index contributed by atoms with van der Waals surface area (Å²) in [4.78, 5) is 14.2. The molecule has 1 aliphatic rings. The van der Waals surface area contributed by atoms with Crippen molar-refractivity contribution in [2.24, 2.45) is 0 Å². The number of halogens is 1. The van der Waals surface area contributed by atoms with Gasteiger partial charge in [0.25, 0.3) is 0 Å². The lowest BCUT2D eigenvalue weighted by Crippen LogP contribution is -2.47. The van der Waals surface area contributed by atoms with Gasteiger partial charge in [0.15, 0.2) is 11.6 Å². The highest BCUT2D eigenvalue weighted by Crippen LogP contribution is 2.18. The summed E-state index contributed by atoms with van der Waals surface area (Å²) in [6, 6.07) is 4.66. The van der Waals surface area contributed by atoms with Gasteiger partial charge < -0.3 is 10.1 Å². The first-order valence-electron chi connectivity index (χ1n) is 6.92. The van der Waals surface area contributed by atoms with Gasteiger partial charge in [-0.2, -0.15) is 0 Å². The Morgan fingerprint density at radius 2 is 2.30 bits per heavy atom. The number of rotatable bonds is 4. The van der Waals surface area contributed by atoms with Crippen LogP contribution in [0.4, 0.5) is 4.39 Å². The van der Waals surface area contributed by atoms with Crippen LogP contribution in [-0.2, 0) is 11.3 Å². The van der Waals surface area contributed by atoms with Crippen LogP contribution in [0.15, 0.2) is 18.2 Å². The first-order chi connectivity index (χ1) is 9.61. The summed E-state index contributed by atoms with van der Waals surface area (Å²) >= 11 is 0. The van der Waals surface area contributed by atoms with E-state index in [-0.39, 0.29) is 17.7 Å². The minimum atomic E-state index is -0.408. The van der Waals surface area contributed by atoms with Crippen LogP contribution in [0, 0.1) is 5.82 Å². The standard InChI is InChI=1S/C15H21FN2O2/c1-18-8-4-3-5-13(18)15(19)17-10-11-6-7-14(20-2)12(16)9-11/h6-7,9,13H,3-5,8,10H2,1-2H3,(H,17,19)/t13-/m0/s1. The molecule has 0 saturated carbocycles. The number of nitrogens with zero attached hydrogens (tertiary/aromatic N) is 1. The Kier molecular flexibility index (Phi) is 4.95. The number of hydrogen-bond donors (Lipinski definition) is 1. The zero-order valence-electron chi connectivity index (χ0n) is 12.0. The van der Waals surface area contributed by atoms with Crippen molar-refractivity contribution >= 4 is 5.91 Å². The number of amides is 1. The Balaban J connectivity index is 1.91. The molecule has 0 aromatic heterocycles. The number of hydrogen-bond acceptors (Lipinski definition) is 3. The number of ether oxygens (including phenoxy) is 1. The molecule has 1 aromatic carbocycles. The minimum absolute atomic E-state index is 0.0171. The van der Waals surface area contributed by atoms with Crippen LogP contribution in [0.5, 0.6) is 5.75 Å². The Morgan fingerprint density at radius 3 is 2.95 bits per heavy atom. The van der Waals surface area contributed by atoms with Crippen molar-refractivity contribution in [3.63, 3.8) is 0 Å². The molecule has 1 atom stereocenters. The zero-order valence-corrected chi connectivity index (χ0v) is 12.0. The Bertz CT molecular complexity index is 479. The summed E-state index contributed by atoms with van der Waals surface area (Å²) in [6.45, 7) is 1.29. The predicted molar refractivity (Wildman–Crippen MR) is 75.1 cm³/mol. The Labute approximate surface area is 118 Å². The maximum Gasteiger partial charge on any atom is 0.237 e. The first-order valence-corrected chi connectivity index (χ1v) is 6.92. The Hall–Kier alpha value is -1.62. The van der Waals surface area contributed by atoms with Crippen LogP contribution in [0.3, 0.4) is 0 Å². The minimum Gasteiger partial charge on any atom is -0.494 e. The first kappa shape index (κ1) is 14.8. The molecule has 0 bridgehead atoms. The second-order valence-corrected chi connectivity index (χ2v) is 5.18. The molecule has 20 heavy (non-hydrogen) atoms. The molecule has 1 saturated heterocycles. The number of piperidine rings is 1. The molecule has 0 spiro atoms. The fourth-order valence-electron chi connectivity index (χ4n) is 2.53. The highest BCUT2D eigenvalue weighted by Gasteiger charge is 2.25. The van der Waals surface area contributed by atoms with Crippen LogP contribution in [-0.4, -0.2) is 37.6 Å². The van der Waals surface area contributed by atoms with Crippen molar-refractivity contribution in [3.05, 3.63) is 29.6 Å². The van der Waals surface area contributed by atoms with Crippen LogP contribution in [0.1, 0.15) is 24.8 Å². The van der Waals surface area contributed by atoms with Crippen molar-refractivity contribution in [2.45, 2.75) is 31.8 Å². The summed E-state index contributed by atoms with van der Waals surface area (Å²) in [5.74, 6) is -0.176. The molecule has 1 aliphatic heterocycles. The Morgan fingerprint density at radius 1 is 1.50 bits per heavy atom. The van der Waals surface area contributed by atoms with E-state index < -0.39 is 5.82 Å². The third kappa shape index (κ3) is 3.48. The maximum atomic E-state index is 13.5. The van der Waals surface area contributed by atoms with Gasteiger partial charge in [-0.25, -0.2) is 4.39 Å². The van der Waals surface area contributed by atoms with E-state index in [1.165, 1.54) is 13.2 Å². The number of likely N-dealkylation sites (tertiary alicyclic amines) is 1. The normalized spacial score (nSPS) is 19.6. The van der Waals surface area contributed by atoms with Crippen molar-refractivity contribution in [2.75, 3.05) is 20.7 Å². The third-order valence-electron chi connectivity index (χ3n) is 3.76. The maximum absolute atomic E-state index is 13.5. The van der Waals surface area contributed by atoms with E-state index in [0.717, 1.165) is 31.4 Å². The molecule has 0 radical (unpaired) electrons. The molecule has 1 amide bonds. The van der Waals surface area contributed by atoms with Crippen molar-refractivity contribution in [3.8, 4) is 5.75 Å². The molecule has 0 unspecified atom stereocenters. The molecule has 1 aromatic rings. The molecule has 1 N–H and O–H groups in total. The topological polar surface area (TPSA) is 41.6 Å². The molecule has 1 fully saturated rings. The van der Waals surface area contributed by atoms with E-state index in [4.69, 9.17) is 4.74 Å². The van der Waals surface area contributed by atoms with Crippen molar-refractivity contribution < 1.29 is 13.9 Å². The van der Waals surface area contributed by atoms with E-state index in [2.05, 4.69) is 10.2 Å². The number of likely N-dealkylation sites (N-methyl/N-ethyl adjacent to an activating group) is 1. The fourth-order valence-corrected chi connectivity index (χ4v) is 2.53. The summed E-state index contributed by atoms with van der Waals surface area (Å²) in [5.41, 5.74) is 0.732. The fraction of sp³-hybridized carbons (Fsp3) is 0.533. The smallest absolute Gasteiger partial charge is 0.237 e. The monoisotopic (exact) mass is 280 g/mol. The van der Waals surface area contributed by atoms with E-state index in [0.29, 0.717) is 6.54 Å². The van der Waals surface area contributed by atoms with Crippen molar-refractivity contribution in [1.29, 1.82) is 0 Å². The third-order valence-corrected chi connectivity index (χ3v) is 3.76. The number of nitrogens with one attached hydrogen (secondary N) is 1. The second-order valence-electron chi connectivity index (χ2n) is 5.18. The quantitative estimate of drug-likeness (QED) is 0.916. The highest BCUT2D eigenvalue weighted by atomic mass is 19.1. The number of carbonyl (C=O) groups excluding carboxylic acids is 1. The molecule has 5 heteroatoms. The van der Waals surface area contributed by atoms with Gasteiger partial charge in [0.05, 0.1) is 13.2 Å². The van der Waals surface area contributed by atoms with Gasteiger partial charge in [0.2, 0.25) is 5.91 Å². The lowest BCUT2D eigenvalue weighted by Gasteiger charge is -2.31. The van der Waals surface area contributed by atoms with E-state index >= 15 is 0 Å². The SMILES string of the molecule is COc1ccc(CNC(=O)[C@@H]2CCCCN2C)cc1F. The molecule has 0 aliphatic carbocycles. The van der Waals surface area contributed by atoms with Gasteiger partial charge in [0.1, 0.15) is 0 Å². The van der Waals surface area contributed by atoms with Crippen LogP contribution < -0.4 is 10.1 Å². The number of methoxy groups -OCH3 is 1. The average molecular weight is 280 g/mol. The van der Waals surface area contributed by atoms with Crippen LogP contribution in [0.25, 0.3) is 0 Å². The summed E-state index contributed by atoms with van der Waals surface area (Å²) in [6.07, 6.45) is 3.11. The summed E-state index contributed by atoms with van der Waals surface area (Å²) < 4.78 is 18.4. The van der Waals surface area contributed by atoms with Crippen LogP contribution >= 0.6 is 0 Å². The van der Waals surface area contributed by atoms with Gasteiger partial charge in [-0.15, -0.1) is 0 Å². The van der Waals surface area contributed by atoms with E-state index in [1.807, 2.05) is 7.05 Å².